The summed E-state index contributed by atoms with van der Waals surface area (Å²) in [5, 5.41) is 8.98. The highest BCUT2D eigenvalue weighted by atomic mass is 16.5. The van der Waals surface area contributed by atoms with E-state index in [9.17, 15) is 4.79 Å². The Morgan fingerprint density at radius 2 is 2.11 bits per heavy atom. The van der Waals surface area contributed by atoms with Crippen LogP contribution in [-0.2, 0) is 0 Å². The van der Waals surface area contributed by atoms with E-state index in [4.69, 9.17) is 9.84 Å². The van der Waals surface area contributed by atoms with Gasteiger partial charge in [-0.25, -0.2) is 4.79 Å². The summed E-state index contributed by atoms with van der Waals surface area (Å²) in [7, 11) is 0. The van der Waals surface area contributed by atoms with E-state index in [2.05, 4.69) is 4.98 Å². The molecule has 0 spiro atoms. The number of aromatic carboxylic acids is 1. The summed E-state index contributed by atoms with van der Waals surface area (Å²) in [4.78, 5) is 14.9. The molecule has 0 amide bonds. The lowest BCUT2D eigenvalue weighted by molar-refractivity contribution is 0.0696. The van der Waals surface area contributed by atoms with Crippen molar-refractivity contribution in [2.75, 3.05) is 6.61 Å². The van der Waals surface area contributed by atoms with E-state index in [1.165, 1.54) is 6.20 Å². The predicted octanol–water partition coefficient (Wildman–Crippen LogP) is 3.15. The minimum Gasteiger partial charge on any atom is -0.494 e. The Labute approximate surface area is 111 Å². The summed E-state index contributed by atoms with van der Waals surface area (Å²) >= 11 is 0. The van der Waals surface area contributed by atoms with Gasteiger partial charge in [-0.05, 0) is 43.2 Å². The summed E-state index contributed by atoms with van der Waals surface area (Å²) in [6.07, 6.45) is 3.00. The van der Waals surface area contributed by atoms with Crippen molar-refractivity contribution in [1.82, 2.24) is 4.98 Å². The molecule has 1 N–H and O–H groups in total. The monoisotopic (exact) mass is 257 g/mol. The van der Waals surface area contributed by atoms with Crippen molar-refractivity contribution in [3.8, 4) is 16.9 Å². The van der Waals surface area contributed by atoms with Crippen LogP contribution in [0.5, 0.6) is 5.75 Å². The molecule has 0 radical (unpaired) electrons. The Bertz CT molecular complexity index is 608. The lowest BCUT2D eigenvalue weighted by atomic mass is 10.0. The maximum absolute atomic E-state index is 10.9. The van der Waals surface area contributed by atoms with Crippen molar-refractivity contribution in [3.63, 3.8) is 0 Å². The molecule has 0 aliphatic rings. The number of nitrogens with zero attached hydrogens (tertiary/aromatic N) is 1. The molecule has 1 heterocycles. The van der Waals surface area contributed by atoms with Crippen LogP contribution in [0, 0.1) is 6.92 Å². The largest absolute Gasteiger partial charge is 0.494 e. The van der Waals surface area contributed by atoms with Crippen LogP contribution in [-0.4, -0.2) is 22.7 Å². The van der Waals surface area contributed by atoms with E-state index < -0.39 is 5.97 Å². The van der Waals surface area contributed by atoms with Gasteiger partial charge in [0.25, 0.3) is 0 Å². The normalized spacial score (nSPS) is 10.2. The Balaban J connectivity index is 2.41. The molecule has 0 aliphatic heterocycles. The van der Waals surface area contributed by atoms with Crippen LogP contribution in [0.15, 0.2) is 36.7 Å². The molecule has 2 aromatic rings. The number of carboxylic acid groups (broad SMARTS) is 1. The number of aromatic nitrogens is 1. The van der Waals surface area contributed by atoms with Gasteiger partial charge in [0.2, 0.25) is 0 Å². The molecule has 0 atom stereocenters. The second-order valence-corrected chi connectivity index (χ2v) is 4.18. The van der Waals surface area contributed by atoms with Crippen LogP contribution in [0.2, 0.25) is 0 Å². The number of aryl methyl sites for hydroxylation is 1. The number of carbonyl (C=O) groups is 1. The highest BCUT2D eigenvalue weighted by molar-refractivity contribution is 5.89. The molecule has 2 rings (SSSR count). The fraction of sp³-hybridized carbons (Fsp3) is 0.200. The fourth-order valence-electron chi connectivity index (χ4n) is 1.92. The molecule has 0 unspecified atom stereocenters. The van der Waals surface area contributed by atoms with Crippen molar-refractivity contribution >= 4 is 5.97 Å². The van der Waals surface area contributed by atoms with Gasteiger partial charge in [-0.2, -0.15) is 0 Å². The third-order valence-electron chi connectivity index (χ3n) is 2.81. The van der Waals surface area contributed by atoms with Gasteiger partial charge >= 0.3 is 5.97 Å². The average Bonchev–Trinajstić information content (AvgIpc) is 2.39. The lowest BCUT2D eigenvalue weighted by Gasteiger charge is -2.09. The molecular weight excluding hydrogens is 242 g/mol. The molecule has 0 fully saturated rings. The van der Waals surface area contributed by atoms with Gasteiger partial charge in [-0.3, -0.25) is 4.98 Å². The molecule has 0 bridgehead atoms. The number of carboxylic acids is 1. The SMILES string of the molecule is CCOc1ccc(-c2cncc(C(=O)O)c2)c(C)c1. The van der Waals surface area contributed by atoms with Gasteiger partial charge in [0.15, 0.2) is 0 Å². The first-order chi connectivity index (χ1) is 9.11. The summed E-state index contributed by atoms with van der Waals surface area (Å²) in [6.45, 7) is 4.52. The van der Waals surface area contributed by atoms with Crippen molar-refractivity contribution in [2.24, 2.45) is 0 Å². The van der Waals surface area contributed by atoms with Crippen LogP contribution in [0.4, 0.5) is 0 Å². The Morgan fingerprint density at radius 1 is 1.32 bits per heavy atom. The fourth-order valence-corrected chi connectivity index (χ4v) is 1.92. The number of benzene rings is 1. The van der Waals surface area contributed by atoms with Crippen LogP contribution in [0.1, 0.15) is 22.8 Å². The van der Waals surface area contributed by atoms with Gasteiger partial charge in [0, 0.05) is 18.0 Å². The predicted molar refractivity (Wildman–Crippen MR) is 72.5 cm³/mol. The maximum Gasteiger partial charge on any atom is 0.337 e. The second-order valence-electron chi connectivity index (χ2n) is 4.18. The number of ether oxygens (including phenoxy) is 1. The van der Waals surface area contributed by atoms with Crippen molar-refractivity contribution in [3.05, 3.63) is 47.8 Å². The molecule has 0 saturated carbocycles. The van der Waals surface area contributed by atoms with E-state index in [0.717, 1.165) is 22.4 Å². The minimum atomic E-state index is -0.974. The van der Waals surface area contributed by atoms with Gasteiger partial charge in [-0.15, -0.1) is 0 Å². The summed E-state index contributed by atoms with van der Waals surface area (Å²) in [5.41, 5.74) is 2.96. The molecule has 19 heavy (non-hydrogen) atoms. The first kappa shape index (κ1) is 13.1. The van der Waals surface area contributed by atoms with E-state index >= 15 is 0 Å². The maximum atomic E-state index is 10.9. The van der Waals surface area contributed by atoms with E-state index in [-0.39, 0.29) is 5.56 Å². The molecule has 98 valence electrons. The topological polar surface area (TPSA) is 59.4 Å². The van der Waals surface area contributed by atoms with Crippen molar-refractivity contribution in [2.45, 2.75) is 13.8 Å². The molecule has 0 saturated heterocycles. The number of hydrogen-bond acceptors (Lipinski definition) is 3. The highest BCUT2D eigenvalue weighted by Gasteiger charge is 2.08. The Morgan fingerprint density at radius 3 is 2.74 bits per heavy atom. The van der Waals surface area contributed by atoms with Gasteiger partial charge in [0.1, 0.15) is 5.75 Å². The zero-order valence-corrected chi connectivity index (χ0v) is 10.9. The zero-order chi connectivity index (χ0) is 13.8. The number of hydrogen-bond donors (Lipinski definition) is 1. The van der Waals surface area contributed by atoms with E-state index in [0.29, 0.717) is 6.61 Å². The van der Waals surface area contributed by atoms with Gasteiger partial charge in [-0.1, -0.05) is 6.07 Å². The number of rotatable bonds is 4. The zero-order valence-electron chi connectivity index (χ0n) is 10.9. The van der Waals surface area contributed by atoms with Crippen LogP contribution >= 0.6 is 0 Å². The molecule has 4 heteroatoms. The average molecular weight is 257 g/mol. The van der Waals surface area contributed by atoms with E-state index in [1.54, 1.807) is 12.3 Å². The minimum absolute atomic E-state index is 0.186. The Kier molecular flexibility index (Phi) is 3.80. The summed E-state index contributed by atoms with van der Waals surface area (Å²) in [6, 6.07) is 7.35. The molecular formula is C15H15NO3. The smallest absolute Gasteiger partial charge is 0.337 e. The first-order valence-corrected chi connectivity index (χ1v) is 6.04. The standard InChI is InChI=1S/C15H15NO3/c1-3-19-13-4-5-14(10(2)6-13)11-7-12(15(17)18)9-16-8-11/h4-9H,3H2,1-2H3,(H,17,18). The molecule has 0 aliphatic carbocycles. The second kappa shape index (κ2) is 5.52. The molecule has 4 nitrogen and oxygen atoms in total. The molecule has 1 aromatic heterocycles. The third-order valence-corrected chi connectivity index (χ3v) is 2.81. The van der Waals surface area contributed by atoms with Crippen LogP contribution in [0.3, 0.4) is 0 Å². The van der Waals surface area contributed by atoms with E-state index in [1.807, 2.05) is 32.0 Å². The summed E-state index contributed by atoms with van der Waals surface area (Å²) in [5.74, 6) is -0.163. The van der Waals surface area contributed by atoms with Crippen LogP contribution in [0.25, 0.3) is 11.1 Å². The third kappa shape index (κ3) is 2.91. The Hall–Kier alpha value is -2.36. The van der Waals surface area contributed by atoms with Crippen LogP contribution < -0.4 is 4.74 Å². The van der Waals surface area contributed by atoms with Gasteiger partial charge < -0.3 is 9.84 Å². The van der Waals surface area contributed by atoms with Crippen molar-refractivity contribution < 1.29 is 14.6 Å². The first-order valence-electron chi connectivity index (χ1n) is 6.04. The summed E-state index contributed by atoms with van der Waals surface area (Å²) < 4.78 is 5.43. The molecule has 1 aromatic carbocycles. The lowest BCUT2D eigenvalue weighted by Crippen LogP contribution is -1.98. The highest BCUT2D eigenvalue weighted by Crippen LogP contribution is 2.27. The number of pyridine rings is 1. The van der Waals surface area contributed by atoms with Crippen molar-refractivity contribution in [1.29, 1.82) is 0 Å². The van der Waals surface area contributed by atoms with Gasteiger partial charge in [0.05, 0.1) is 12.2 Å². The quantitative estimate of drug-likeness (QED) is 0.914.